The van der Waals surface area contributed by atoms with Gasteiger partial charge in [-0.15, -0.1) is 0 Å². The number of furan rings is 1. The maximum atomic E-state index is 13.3. The lowest BCUT2D eigenvalue weighted by atomic mass is 10.0. The Morgan fingerprint density at radius 3 is 2.62 bits per heavy atom. The maximum Gasteiger partial charge on any atom is 0.134 e. The summed E-state index contributed by atoms with van der Waals surface area (Å²) >= 11 is 3.41. The molecule has 0 saturated heterocycles. The van der Waals surface area contributed by atoms with Crippen LogP contribution in [-0.2, 0) is 6.42 Å². The lowest BCUT2D eigenvalue weighted by Crippen LogP contribution is -2.13. The van der Waals surface area contributed by atoms with E-state index in [0.29, 0.717) is 12.0 Å². The number of hydrogen-bond donors (Lipinski definition) is 1. The van der Waals surface area contributed by atoms with Gasteiger partial charge >= 0.3 is 0 Å². The van der Waals surface area contributed by atoms with Crippen LogP contribution in [0.5, 0.6) is 0 Å². The van der Waals surface area contributed by atoms with E-state index in [1.54, 1.807) is 6.07 Å². The SMILES string of the molecule is Cc1c(C(N)Cc2ccc(Br)cc2)oc2ccc(F)cc12. The quantitative estimate of drug-likeness (QED) is 0.732. The summed E-state index contributed by atoms with van der Waals surface area (Å²) in [5.74, 6) is 0.456. The van der Waals surface area contributed by atoms with Gasteiger partial charge in [0.15, 0.2) is 0 Å². The zero-order chi connectivity index (χ0) is 15.0. The average molecular weight is 348 g/mol. The van der Waals surface area contributed by atoms with Crippen LogP contribution in [0.15, 0.2) is 51.4 Å². The summed E-state index contributed by atoms with van der Waals surface area (Å²) in [4.78, 5) is 0. The summed E-state index contributed by atoms with van der Waals surface area (Å²) in [5, 5.41) is 0.788. The molecule has 3 rings (SSSR count). The summed E-state index contributed by atoms with van der Waals surface area (Å²) in [6.45, 7) is 1.92. The zero-order valence-electron chi connectivity index (χ0n) is 11.6. The molecular weight excluding hydrogens is 333 g/mol. The third-order valence-electron chi connectivity index (χ3n) is 3.64. The Bertz CT molecular complexity index is 779. The minimum Gasteiger partial charge on any atom is -0.459 e. The molecule has 108 valence electrons. The fraction of sp³-hybridized carbons (Fsp3) is 0.176. The Labute approximate surface area is 130 Å². The van der Waals surface area contributed by atoms with Crippen molar-refractivity contribution in [2.75, 3.05) is 0 Å². The molecule has 21 heavy (non-hydrogen) atoms. The number of aryl methyl sites for hydroxylation is 1. The molecule has 0 saturated carbocycles. The molecule has 0 radical (unpaired) electrons. The van der Waals surface area contributed by atoms with Crippen molar-refractivity contribution < 1.29 is 8.81 Å². The van der Waals surface area contributed by atoms with E-state index in [2.05, 4.69) is 15.9 Å². The highest BCUT2D eigenvalue weighted by Crippen LogP contribution is 2.30. The second-order valence-corrected chi connectivity index (χ2v) is 6.08. The molecule has 0 aliphatic rings. The number of fused-ring (bicyclic) bond motifs is 1. The van der Waals surface area contributed by atoms with Gasteiger partial charge < -0.3 is 10.2 Å². The fourth-order valence-electron chi connectivity index (χ4n) is 2.53. The van der Waals surface area contributed by atoms with E-state index >= 15 is 0 Å². The van der Waals surface area contributed by atoms with Gasteiger partial charge in [-0.2, -0.15) is 0 Å². The van der Waals surface area contributed by atoms with E-state index in [-0.39, 0.29) is 11.9 Å². The lowest BCUT2D eigenvalue weighted by molar-refractivity contribution is 0.490. The smallest absolute Gasteiger partial charge is 0.134 e. The van der Waals surface area contributed by atoms with Gasteiger partial charge in [-0.05, 0) is 49.2 Å². The molecule has 0 bridgehead atoms. The van der Waals surface area contributed by atoms with E-state index in [9.17, 15) is 4.39 Å². The van der Waals surface area contributed by atoms with E-state index in [4.69, 9.17) is 10.2 Å². The Morgan fingerprint density at radius 2 is 1.90 bits per heavy atom. The van der Waals surface area contributed by atoms with Gasteiger partial charge in [0.25, 0.3) is 0 Å². The first kappa shape index (κ1) is 14.3. The van der Waals surface area contributed by atoms with Crippen LogP contribution in [0.2, 0.25) is 0 Å². The van der Waals surface area contributed by atoms with E-state index in [0.717, 1.165) is 26.7 Å². The Balaban J connectivity index is 1.92. The largest absolute Gasteiger partial charge is 0.459 e. The Morgan fingerprint density at radius 1 is 1.19 bits per heavy atom. The topological polar surface area (TPSA) is 39.2 Å². The molecule has 1 unspecified atom stereocenters. The molecular formula is C17H15BrFNO. The fourth-order valence-corrected chi connectivity index (χ4v) is 2.80. The van der Waals surface area contributed by atoms with Gasteiger partial charge in [-0.1, -0.05) is 28.1 Å². The van der Waals surface area contributed by atoms with Crippen LogP contribution in [0.3, 0.4) is 0 Å². The van der Waals surface area contributed by atoms with Gasteiger partial charge in [0.05, 0.1) is 6.04 Å². The van der Waals surface area contributed by atoms with Crippen molar-refractivity contribution in [3.8, 4) is 0 Å². The summed E-state index contributed by atoms with van der Waals surface area (Å²) < 4.78 is 20.2. The second kappa shape index (κ2) is 5.62. The maximum absolute atomic E-state index is 13.3. The van der Waals surface area contributed by atoms with E-state index in [1.807, 2.05) is 31.2 Å². The summed E-state index contributed by atoms with van der Waals surface area (Å²) in [6, 6.07) is 12.3. The number of halogens is 2. The van der Waals surface area contributed by atoms with Crippen LogP contribution >= 0.6 is 15.9 Å². The number of rotatable bonds is 3. The molecule has 0 spiro atoms. The highest BCUT2D eigenvalue weighted by Gasteiger charge is 2.17. The molecule has 1 aromatic heterocycles. The summed E-state index contributed by atoms with van der Waals surface area (Å²) in [6.07, 6.45) is 0.677. The standard InChI is InChI=1S/C17H15BrFNO/c1-10-14-9-13(19)6-7-16(14)21-17(10)15(20)8-11-2-4-12(18)5-3-11/h2-7,9,15H,8,20H2,1H3. The van der Waals surface area contributed by atoms with Gasteiger partial charge in [0, 0.05) is 15.4 Å². The Hall–Kier alpha value is -1.65. The third-order valence-corrected chi connectivity index (χ3v) is 4.17. The molecule has 2 nitrogen and oxygen atoms in total. The second-order valence-electron chi connectivity index (χ2n) is 5.17. The van der Waals surface area contributed by atoms with E-state index in [1.165, 1.54) is 12.1 Å². The first-order chi connectivity index (χ1) is 10.0. The minimum atomic E-state index is -0.264. The molecule has 3 aromatic rings. The number of hydrogen-bond acceptors (Lipinski definition) is 2. The van der Waals surface area contributed by atoms with Crippen molar-refractivity contribution in [2.45, 2.75) is 19.4 Å². The normalized spacial score (nSPS) is 12.8. The zero-order valence-corrected chi connectivity index (χ0v) is 13.2. The van der Waals surface area contributed by atoms with E-state index < -0.39 is 0 Å². The monoisotopic (exact) mass is 347 g/mol. The van der Waals surface area contributed by atoms with Crippen molar-refractivity contribution in [3.05, 3.63) is 69.6 Å². The highest BCUT2D eigenvalue weighted by atomic mass is 79.9. The van der Waals surface area contributed by atoms with Crippen LogP contribution in [0.25, 0.3) is 11.0 Å². The minimum absolute atomic E-state index is 0.248. The number of nitrogens with two attached hydrogens (primary N) is 1. The van der Waals surface area contributed by atoms with Crippen LogP contribution in [-0.4, -0.2) is 0 Å². The first-order valence-electron chi connectivity index (χ1n) is 6.73. The van der Waals surface area contributed by atoms with Gasteiger partial charge in [0.2, 0.25) is 0 Å². The predicted octanol–water partition coefficient (Wildman–Crippen LogP) is 4.89. The third kappa shape index (κ3) is 2.87. The van der Waals surface area contributed by atoms with Crippen LogP contribution < -0.4 is 5.73 Å². The van der Waals surface area contributed by atoms with Crippen molar-refractivity contribution in [3.63, 3.8) is 0 Å². The Kier molecular flexibility index (Phi) is 3.83. The van der Waals surface area contributed by atoms with Crippen LogP contribution in [0.4, 0.5) is 4.39 Å². The molecule has 0 fully saturated rings. The molecule has 0 amide bonds. The van der Waals surface area contributed by atoms with Crippen molar-refractivity contribution >= 4 is 26.9 Å². The molecule has 1 atom stereocenters. The van der Waals surface area contributed by atoms with Crippen molar-refractivity contribution in [1.29, 1.82) is 0 Å². The molecule has 0 aliphatic carbocycles. The van der Waals surface area contributed by atoms with Gasteiger partial charge in [0.1, 0.15) is 17.2 Å². The van der Waals surface area contributed by atoms with Crippen LogP contribution in [0, 0.1) is 12.7 Å². The molecule has 2 N–H and O–H groups in total. The summed E-state index contributed by atoms with van der Waals surface area (Å²) in [7, 11) is 0. The molecule has 0 aliphatic heterocycles. The number of benzene rings is 2. The lowest BCUT2D eigenvalue weighted by Gasteiger charge is -2.10. The van der Waals surface area contributed by atoms with Crippen molar-refractivity contribution in [1.82, 2.24) is 0 Å². The van der Waals surface area contributed by atoms with Gasteiger partial charge in [-0.25, -0.2) is 4.39 Å². The van der Waals surface area contributed by atoms with Crippen LogP contribution in [0.1, 0.15) is 22.9 Å². The predicted molar refractivity (Wildman–Crippen MR) is 85.7 cm³/mol. The van der Waals surface area contributed by atoms with Crippen molar-refractivity contribution in [2.24, 2.45) is 5.73 Å². The average Bonchev–Trinajstić information content (AvgIpc) is 2.79. The highest BCUT2D eigenvalue weighted by molar-refractivity contribution is 9.10. The molecule has 4 heteroatoms. The molecule has 1 heterocycles. The first-order valence-corrected chi connectivity index (χ1v) is 7.52. The van der Waals surface area contributed by atoms with Gasteiger partial charge in [-0.3, -0.25) is 0 Å². The molecule has 2 aromatic carbocycles. The summed E-state index contributed by atoms with van der Waals surface area (Å²) in [5.41, 5.74) is 8.99.